The van der Waals surface area contributed by atoms with Gasteiger partial charge in [-0.15, -0.1) is 0 Å². The molecule has 31 heavy (non-hydrogen) atoms. The van der Waals surface area contributed by atoms with Crippen LogP contribution in [-0.4, -0.2) is 45.5 Å². The minimum absolute atomic E-state index is 0.118. The van der Waals surface area contributed by atoms with Gasteiger partial charge in [0, 0.05) is 37.0 Å². The molecule has 2 N–H and O–H groups in total. The van der Waals surface area contributed by atoms with Crippen molar-refractivity contribution in [2.75, 3.05) is 20.2 Å². The number of H-pyrrole nitrogens is 2. The second kappa shape index (κ2) is 9.26. The highest BCUT2D eigenvalue weighted by atomic mass is 32.1. The first-order valence-electron chi connectivity index (χ1n) is 11.1. The minimum Gasteiger partial charge on any atom is -0.497 e. The van der Waals surface area contributed by atoms with Crippen LogP contribution < -0.4 is 10.3 Å². The Bertz CT molecular complexity index is 1210. The number of fused-ring (bicyclic) bond motifs is 3. The van der Waals surface area contributed by atoms with Gasteiger partial charge in [0.25, 0.3) is 5.56 Å². The third kappa shape index (κ3) is 4.54. The molecule has 1 saturated heterocycles. The van der Waals surface area contributed by atoms with E-state index in [4.69, 9.17) is 17.0 Å². The van der Waals surface area contributed by atoms with Gasteiger partial charge < -0.3 is 19.6 Å². The first-order chi connectivity index (χ1) is 15.0. The molecular weight excluding hydrogens is 412 g/mol. The lowest BCUT2D eigenvalue weighted by Crippen LogP contribution is -2.38. The minimum atomic E-state index is -0.118. The summed E-state index contributed by atoms with van der Waals surface area (Å²) in [5.41, 5.74) is 1.97. The molecular formula is C23H30N4O3S. The summed E-state index contributed by atoms with van der Waals surface area (Å²) < 4.78 is 7.32. The van der Waals surface area contributed by atoms with Crippen molar-refractivity contribution in [1.82, 2.24) is 19.4 Å². The summed E-state index contributed by atoms with van der Waals surface area (Å²) in [4.78, 5) is 33.9. The monoisotopic (exact) mass is 442 g/mol. The molecule has 7 nitrogen and oxygen atoms in total. The number of carbonyl (C=O) groups is 1. The molecule has 166 valence electrons. The summed E-state index contributed by atoms with van der Waals surface area (Å²) in [5.74, 6) is 1.59. The topological polar surface area (TPSA) is 83.1 Å². The Balaban J connectivity index is 1.39. The summed E-state index contributed by atoms with van der Waals surface area (Å²) in [5, 5.41) is 0.884. The Labute approximate surface area is 186 Å². The molecule has 1 aliphatic heterocycles. The molecule has 0 bridgehead atoms. The number of hydrogen-bond donors (Lipinski definition) is 2. The number of amides is 1. The van der Waals surface area contributed by atoms with Crippen molar-refractivity contribution in [3.05, 3.63) is 33.3 Å². The fraction of sp³-hybridized carbons (Fsp3) is 0.522. The number of unbranched alkanes of at least 4 members (excludes halogenated alkanes) is 2. The maximum absolute atomic E-state index is 13.0. The van der Waals surface area contributed by atoms with E-state index in [1.54, 1.807) is 11.7 Å². The average molecular weight is 443 g/mol. The summed E-state index contributed by atoms with van der Waals surface area (Å²) >= 11 is 5.47. The average Bonchev–Trinajstić information content (AvgIpc) is 3.13. The number of likely N-dealkylation sites (tertiary alicyclic amines) is 1. The van der Waals surface area contributed by atoms with Crippen molar-refractivity contribution in [3.63, 3.8) is 0 Å². The number of benzene rings is 1. The van der Waals surface area contributed by atoms with Gasteiger partial charge >= 0.3 is 0 Å². The Morgan fingerprint density at radius 1 is 1.23 bits per heavy atom. The number of aromatic amines is 2. The summed E-state index contributed by atoms with van der Waals surface area (Å²) in [7, 11) is 1.62. The molecule has 2 aromatic heterocycles. The molecule has 8 heteroatoms. The van der Waals surface area contributed by atoms with Crippen LogP contribution in [0.4, 0.5) is 0 Å². The third-order valence-corrected chi connectivity index (χ3v) is 6.55. The molecule has 3 heterocycles. The SMILES string of the molecule is COc1ccc2[nH]c3c(=O)n(CCCCCC(=O)N4CCCC(C)C4)c(=S)[nH]c3c2c1. The van der Waals surface area contributed by atoms with Gasteiger partial charge in [-0.25, -0.2) is 0 Å². The molecule has 0 radical (unpaired) electrons. The van der Waals surface area contributed by atoms with E-state index >= 15 is 0 Å². The fourth-order valence-electron chi connectivity index (χ4n) is 4.49. The van der Waals surface area contributed by atoms with Gasteiger partial charge in [-0.2, -0.15) is 0 Å². The normalized spacial score (nSPS) is 16.8. The quantitative estimate of drug-likeness (QED) is 0.420. The molecule has 1 amide bonds. The predicted molar refractivity (Wildman–Crippen MR) is 125 cm³/mol. The largest absolute Gasteiger partial charge is 0.497 e. The number of piperidine rings is 1. The van der Waals surface area contributed by atoms with Crippen LogP contribution in [0.5, 0.6) is 5.75 Å². The smallest absolute Gasteiger partial charge is 0.278 e. The fourth-order valence-corrected chi connectivity index (χ4v) is 4.77. The van der Waals surface area contributed by atoms with Crippen LogP contribution in [0.25, 0.3) is 21.9 Å². The number of carbonyl (C=O) groups excluding carboxylic acids is 1. The lowest BCUT2D eigenvalue weighted by molar-refractivity contribution is -0.133. The second-order valence-corrected chi connectivity index (χ2v) is 8.96. The molecule has 1 aliphatic rings. The first-order valence-corrected chi connectivity index (χ1v) is 11.5. The van der Waals surface area contributed by atoms with E-state index in [1.807, 2.05) is 23.1 Å². The van der Waals surface area contributed by atoms with Gasteiger partial charge in [-0.3, -0.25) is 14.2 Å². The highest BCUT2D eigenvalue weighted by molar-refractivity contribution is 7.71. The summed E-state index contributed by atoms with van der Waals surface area (Å²) in [6.07, 6.45) is 5.43. The zero-order valence-electron chi connectivity index (χ0n) is 18.2. The summed E-state index contributed by atoms with van der Waals surface area (Å²) in [6, 6.07) is 5.65. The number of rotatable bonds is 7. The Morgan fingerprint density at radius 3 is 2.84 bits per heavy atom. The van der Waals surface area contributed by atoms with Gasteiger partial charge in [0.15, 0.2) is 4.77 Å². The zero-order chi connectivity index (χ0) is 22.0. The predicted octanol–water partition coefficient (Wildman–Crippen LogP) is 4.37. The molecule has 1 atom stereocenters. The number of nitrogens with zero attached hydrogens (tertiary/aromatic N) is 2. The molecule has 0 spiro atoms. The van der Waals surface area contributed by atoms with Crippen LogP contribution >= 0.6 is 12.2 Å². The van der Waals surface area contributed by atoms with Crippen molar-refractivity contribution in [3.8, 4) is 5.75 Å². The van der Waals surface area contributed by atoms with Gasteiger partial charge in [-0.1, -0.05) is 13.3 Å². The lowest BCUT2D eigenvalue weighted by Gasteiger charge is -2.31. The van der Waals surface area contributed by atoms with Gasteiger partial charge in [-0.05, 0) is 62.0 Å². The van der Waals surface area contributed by atoms with Crippen LogP contribution in [0.1, 0.15) is 45.4 Å². The van der Waals surface area contributed by atoms with E-state index in [0.29, 0.717) is 34.7 Å². The van der Waals surface area contributed by atoms with Gasteiger partial charge in [0.1, 0.15) is 11.3 Å². The standard InChI is InChI=1S/C23H30N4O3S/c1-15-7-6-11-26(14-15)19(28)8-4-3-5-12-27-22(29)21-20(25-23(27)31)17-13-16(30-2)9-10-18(17)24-21/h9-10,13,15,24H,3-8,11-12,14H2,1-2H3,(H,25,31). The van der Waals surface area contributed by atoms with E-state index in [1.165, 1.54) is 6.42 Å². The molecule has 1 unspecified atom stereocenters. The van der Waals surface area contributed by atoms with Crippen molar-refractivity contribution >= 4 is 40.1 Å². The van der Waals surface area contributed by atoms with E-state index < -0.39 is 0 Å². The maximum Gasteiger partial charge on any atom is 0.278 e. The van der Waals surface area contributed by atoms with E-state index in [-0.39, 0.29) is 11.5 Å². The highest BCUT2D eigenvalue weighted by Gasteiger charge is 2.20. The first kappa shape index (κ1) is 21.6. The molecule has 4 rings (SSSR count). The van der Waals surface area contributed by atoms with Gasteiger partial charge in [0.05, 0.1) is 12.6 Å². The summed E-state index contributed by atoms with van der Waals surface area (Å²) in [6.45, 7) is 4.53. The number of ether oxygens (including phenoxy) is 1. The number of methoxy groups -OCH3 is 1. The van der Waals surface area contributed by atoms with Crippen LogP contribution in [0.3, 0.4) is 0 Å². The lowest BCUT2D eigenvalue weighted by atomic mass is 10.00. The van der Waals surface area contributed by atoms with Crippen molar-refractivity contribution in [2.24, 2.45) is 5.92 Å². The van der Waals surface area contributed by atoms with Crippen molar-refractivity contribution < 1.29 is 9.53 Å². The van der Waals surface area contributed by atoms with Crippen LogP contribution in [-0.2, 0) is 11.3 Å². The number of aromatic nitrogens is 3. The third-order valence-electron chi connectivity index (χ3n) is 6.22. The van der Waals surface area contributed by atoms with Crippen LogP contribution in [0.15, 0.2) is 23.0 Å². The highest BCUT2D eigenvalue weighted by Crippen LogP contribution is 2.26. The van der Waals surface area contributed by atoms with Crippen LogP contribution in [0.2, 0.25) is 0 Å². The zero-order valence-corrected chi connectivity index (χ0v) is 19.0. The molecule has 0 aliphatic carbocycles. The Hall–Kier alpha value is -2.61. The Kier molecular flexibility index (Phi) is 6.46. The van der Waals surface area contributed by atoms with Crippen molar-refractivity contribution in [1.29, 1.82) is 0 Å². The molecule has 0 saturated carbocycles. The van der Waals surface area contributed by atoms with Gasteiger partial charge in [0.2, 0.25) is 5.91 Å². The van der Waals surface area contributed by atoms with E-state index in [2.05, 4.69) is 16.9 Å². The number of hydrogen-bond acceptors (Lipinski definition) is 4. The maximum atomic E-state index is 13.0. The number of nitrogens with one attached hydrogen (secondary N) is 2. The Morgan fingerprint density at radius 2 is 2.06 bits per heavy atom. The van der Waals surface area contributed by atoms with Crippen molar-refractivity contribution in [2.45, 2.75) is 52.0 Å². The molecule has 1 fully saturated rings. The van der Waals surface area contributed by atoms with Crippen LogP contribution in [0, 0.1) is 10.7 Å². The van der Waals surface area contributed by atoms with E-state index in [0.717, 1.165) is 55.4 Å². The second-order valence-electron chi connectivity index (χ2n) is 8.57. The molecule has 1 aromatic carbocycles. The van der Waals surface area contributed by atoms with E-state index in [9.17, 15) is 9.59 Å². The molecule has 3 aromatic rings.